The zero-order valence-corrected chi connectivity index (χ0v) is 15.5. The van der Waals surface area contributed by atoms with Gasteiger partial charge in [0.05, 0.1) is 0 Å². The van der Waals surface area contributed by atoms with Crippen LogP contribution < -0.4 is 5.73 Å². The lowest BCUT2D eigenvalue weighted by molar-refractivity contribution is -0.133. The number of carbonyl (C=O) groups is 1. The molecule has 138 valence electrons. The van der Waals surface area contributed by atoms with Crippen molar-refractivity contribution in [1.29, 1.82) is 0 Å². The first-order valence-corrected chi connectivity index (χ1v) is 7.61. The van der Waals surface area contributed by atoms with E-state index >= 15 is 0 Å². The second-order valence-corrected chi connectivity index (χ2v) is 5.94. The maximum Gasteiger partial charge on any atom is 0.224 e. The molecule has 1 amide bonds. The van der Waals surface area contributed by atoms with Crippen LogP contribution in [-0.4, -0.2) is 47.9 Å². The highest BCUT2D eigenvalue weighted by Gasteiger charge is 2.26. The van der Waals surface area contributed by atoms with Gasteiger partial charge in [-0.05, 0) is 19.9 Å². The second-order valence-electron chi connectivity index (χ2n) is 5.94. The van der Waals surface area contributed by atoms with Gasteiger partial charge in [-0.1, -0.05) is 6.07 Å². The molecule has 0 aliphatic carbocycles. The number of nitrogens with zero attached hydrogens (tertiary/aromatic N) is 2. The predicted octanol–water partition coefficient (Wildman–Crippen LogP) is 2.75. The van der Waals surface area contributed by atoms with Gasteiger partial charge in [-0.15, -0.1) is 24.8 Å². The fourth-order valence-electron chi connectivity index (χ4n) is 2.80. The van der Waals surface area contributed by atoms with Crippen LogP contribution in [0.25, 0.3) is 0 Å². The molecule has 24 heavy (non-hydrogen) atoms. The number of nitrogens with two attached hydrogens (primary N) is 1. The Labute approximate surface area is 154 Å². The zero-order valence-electron chi connectivity index (χ0n) is 13.9. The third kappa shape index (κ3) is 5.84. The third-order valence-corrected chi connectivity index (χ3v) is 4.12. The van der Waals surface area contributed by atoms with Gasteiger partial charge in [0.1, 0.15) is 11.6 Å². The molecule has 0 aromatic heterocycles. The third-order valence-electron chi connectivity index (χ3n) is 4.12. The lowest BCUT2D eigenvalue weighted by Gasteiger charge is -2.38. The SMILES string of the molecule is CC(N)CC(=O)N1CCN(C(C)c2ccc(F)cc2F)CC1.Cl.Cl. The number of carbonyl (C=O) groups excluding carboxylic acids is 1. The van der Waals surface area contributed by atoms with Crippen molar-refractivity contribution in [2.45, 2.75) is 32.4 Å². The van der Waals surface area contributed by atoms with E-state index in [0.29, 0.717) is 38.2 Å². The van der Waals surface area contributed by atoms with Crippen LogP contribution in [-0.2, 0) is 4.79 Å². The molecule has 1 aliphatic heterocycles. The van der Waals surface area contributed by atoms with E-state index < -0.39 is 11.6 Å². The van der Waals surface area contributed by atoms with Crippen molar-refractivity contribution < 1.29 is 13.6 Å². The Bertz CT molecular complexity index is 538. The Morgan fingerprint density at radius 2 is 1.75 bits per heavy atom. The quantitative estimate of drug-likeness (QED) is 0.869. The van der Waals surface area contributed by atoms with E-state index in [9.17, 15) is 13.6 Å². The number of amides is 1. The Kier molecular flexibility index (Phi) is 9.73. The number of hydrogen-bond donors (Lipinski definition) is 1. The number of hydrogen-bond acceptors (Lipinski definition) is 3. The van der Waals surface area contributed by atoms with E-state index in [0.717, 1.165) is 6.07 Å². The van der Waals surface area contributed by atoms with Crippen molar-refractivity contribution in [2.75, 3.05) is 26.2 Å². The van der Waals surface area contributed by atoms with Crippen LogP contribution in [0.1, 0.15) is 31.9 Å². The zero-order chi connectivity index (χ0) is 16.3. The molecular weight excluding hydrogens is 359 g/mol. The highest BCUT2D eigenvalue weighted by Crippen LogP contribution is 2.24. The van der Waals surface area contributed by atoms with Gasteiger partial charge < -0.3 is 10.6 Å². The Morgan fingerprint density at radius 3 is 2.25 bits per heavy atom. The molecule has 2 atom stereocenters. The minimum atomic E-state index is -0.570. The van der Waals surface area contributed by atoms with Crippen molar-refractivity contribution in [3.63, 3.8) is 0 Å². The molecule has 2 N–H and O–H groups in total. The summed E-state index contributed by atoms with van der Waals surface area (Å²) in [6.45, 7) is 6.27. The van der Waals surface area contributed by atoms with Crippen molar-refractivity contribution >= 4 is 30.7 Å². The molecule has 8 heteroatoms. The molecular formula is C16H25Cl2F2N3O. The number of benzene rings is 1. The molecule has 1 aliphatic rings. The summed E-state index contributed by atoms with van der Waals surface area (Å²) < 4.78 is 26.8. The first-order chi connectivity index (χ1) is 10.4. The van der Waals surface area contributed by atoms with Crippen LogP contribution in [0.2, 0.25) is 0 Å². The normalized spacial score (nSPS) is 17.5. The van der Waals surface area contributed by atoms with Gasteiger partial charge in [0.15, 0.2) is 0 Å². The Hall–Kier alpha value is -0.950. The van der Waals surface area contributed by atoms with E-state index in [1.807, 2.05) is 13.8 Å². The topological polar surface area (TPSA) is 49.6 Å². The van der Waals surface area contributed by atoms with Crippen LogP contribution in [0.5, 0.6) is 0 Å². The Balaban J connectivity index is 0.00000264. The van der Waals surface area contributed by atoms with Crippen molar-refractivity contribution in [1.82, 2.24) is 9.80 Å². The largest absolute Gasteiger partial charge is 0.340 e. The van der Waals surface area contributed by atoms with E-state index in [-0.39, 0.29) is 42.8 Å². The molecule has 1 heterocycles. The van der Waals surface area contributed by atoms with Gasteiger partial charge in [0.25, 0.3) is 0 Å². The summed E-state index contributed by atoms with van der Waals surface area (Å²) in [4.78, 5) is 15.9. The lowest BCUT2D eigenvalue weighted by atomic mass is 10.0. The van der Waals surface area contributed by atoms with Crippen molar-refractivity contribution in [3.8, 4) is 0 Å². The van der Waals surface area contributed by atoms with Gasteiger partial charge in [0.2, 0.25) is 5.91 Å². The van der Waals surface area contributed by atoms with Gasteiger partial charge in [-0.2, -0.15) is 0 Å². The van der Waals surface area contributed by atoms with E-state index in [1.54, 1.807) is 4.90 Å². The maximum atomic E-state index is 13.9. The van der Waals surface area contributed by atoms with Gasteiger partial charge >= 0.3 is 0 Å². The standard InChI is InChI=1S/C16H23F2N3O.2ClH/c1-11(19)9-16(22)21-7-5-20(6-8-21)12(2)14-4-3-13(17)10-15(14)18;;/h3-4,10-12H,5-9,19H2,1-2H3;2*1H. The summed E-state index contributed by atoms with van der Waals surface area (Å²) in [6.07, 6.45) is 0.349. The molecule has 0 spiro atoms. The first kappa shape index (κ1) is 23.1. The summed E-state index contributed by atoms with van der Waals surface area (Å²) in [5.41, 5.74) is 6.13. The van der Waals surface area contributed by atoms with Crippen LogP contribution in [0.3, 0.4) is 0 Å². The smallest absolute Gasteiger partial charge is 0.224 e. The number of halogens is 4. The minimum Gasteiger partial charge on any atom is -0.340 e. The molecule has 0 radical (unpaired) electrons. The van der Waals surface area contributed by atoms with Gasteiger partial charge in [0, 0.05) is 56.3 Å². The molecule has 1 fully saturated rings. The average molecular weight is 384 g/mol. The van der Waals surface area contributed by atoms with E-state index in [1.165, 1.54) is 12.1 Å². The molecule has 0 bridgehead atoms. The average Bonchev–Trinajstić information content (AvgIpc) is 2.46. The van der Waals surface area contributed by atoms with Crippen LogP contribution in [0.15, 0.2) is 18.2 Å². The molecule has 2 rings (SSSR count). The lowest BCUT2D eigenvalue weighted by Crippen LogP contribution is -2.50. The molecule has 4 nitrogen and oxygen atoms in total. The summed E-state index contributed by atoms with van der Waals surface area (Å²) in [5.74, 6) is -1.03. The molecule has 1 aromatic rings. The van der Waals surface area contributed by atoms with Crippen molar-refractivity contribution in [2.24, 2.45) is 5.73 Å². The van der Waals surface area contributed by atoms with Crippen LogP contribution in [0.4, 0.5) is 8.78 Å². The molecule has 0 saturated carbocycles. The van der Waals surface area contributed by atoms with Crippen LogP contribution >= 0.6 is 24.8 Å². The molecule has 2 unspecified atom stereocenters. The summed E-state index contributed by atoms with van der Waals surface area (Å²) in [5, 5.41) is 0. The summed E-state index contributed by atoms with van der Waals surface area (Å²) in [6, 6.07) is 3.39. The number of rotatable bonds is 4. The highest BCUT2D eigenvalue weighted by atomic mass is 35.5. The molecule has 1 saturated heterocycles. The number of piperazine rings is 1. The van der Waals surface area contributed by atoms with E-state index in [4.69, 9.17) is 5.73 Å². The van der Waals surface area contributed by atoms with E-state index in [2.05, 4.69) is 4.90 Å². The predicted molar refractivity (Wildman–Crippen MR) is 95.7 cm³/mol. The molecule has 1 aromatic carbocycles. The summed E-state index contributed by atoms with van der Waals surface area (Å²) in [7, 11) is 0. The first-order valence-electron chi connectivity index (χ1n) is 7.61. The van der Waals surface area contributed by atoms with Crippen LogP contribution in [0, 0.1) is 11.6 Å². The fourth-order valence-corrected chi connectivity index (χ4v) is 2.80. The monoisotopic (exact) mass is 383 g/mol. The summed E-state index contributed by atoms with van der Waals surface area (Å²) >= 11 is 0. The maximum absolute atomic E-state index is 13.9. The second kappa shape index (κ2) is 10.1. The highest BCUT2D eigenvalue weighted by molar-refractivity contribution is 5.85. The van der Waals surface area contributed by atoms with Gasteiger partial charge in [-0.3, -0.25) is 9.69 Å². The van der Waals surface area contributed by atoms with Crippen molar-refractivity contribution in [3.05, 3.63) is 35.4 Å². The fraction of sp³-hybridized carbons (Fsp3) is 0.562. The van der Waals surface area contributed by atoms with Gasteiger partial charge in [-0.25, -0.2) is 8.78 Å². The Morgan fingerprint density at radius 1 is 1.17 bits per heavy atom. The minimum absolute atomic E-state index is 0.